The molecule has 66 valence electrons. The Morgan fingerprint density at radius 1 is 1.83 bits per heavy atom. The zero-order chi connectivity index (χ0) is 9.14. The largest absolute Gasteiger partial charge is 0.481 e. The van der Waals surface area contributed by atoms with E-state index in [-0.39, 0.29) is 18.3 Å². The van der Waals surface area contributed by atoms with Crippen LogP contribution >= 0.6 is 0 Å². The van der Waals surface area contributed by atoms with Crippen molar-refractivity contribution in [2.45, 2.75) is 19.3 Å². The van der Waals surface area contributed by atoms with E-state index in [1.165, 1.54) is 0 Å². The monoisotopic (exact) mass is 170 g/mol. The number of rotatable bonds is 3. The van der Waals surface area contributed by atoms with E-state index in [9.17, 15) is 4.79 Å². The van der Waals surface area contributed by atoms with Gasteiger partial charge < -0.3 is 10.8 Å². The van der Waals surface area contributed by atoms with Gasteiger partial charge in [0.25, 0.3) is 0 Å². The van der Waals surface area contributed by atoms with Crippen molar-refractivity contribution in [1.29, 1.82) is 0 Å². The molecule has 4 N–H and O–H groups in total. The maximum atomic E-state index is 10.3. The Bertz CT molecular complexity index is 283. The molecule has 0 bridgehead atoms. The van der Waals surface area contributed by atoms with Crippen molar-refractivity contribution in [3.8, 4) is 0 Å². The van der Waals surface area contributed by atoms with Crippen molar-refractivity contribution in [2.24, 2.45) is 0 Å². The summed E-state index contributed by atoms with van der Waals surface area (Å²) in [7, 11) is 0. The summed E-state index contributed by atoms with van der Waals surface area (Å²) < 4.78 is 0. The van der Waals surface area contributed by atoms with E-state index in [0.717, 1.165) is 0 Å². The molecule has 1 aromatic heterocycles. The van der Waals surface area contributed by atoms with Crippen LogP contribution in [-0.4, -0.2) is 26.3 Å². The number of nitrogens with two attached hydrogens (primary N) is 1. The van der Waals surface area contributed by atoms with Crippen molar-refractivity contribution >= 4 is 11.9 Å². The fourth-order valence-electron chi connectivity index (χ4n) is 0.867. The molecule has 0 spiro atoms. The fourth-order valence-corrected chi connectivity index (χ4v) is 0.867. The molecule has 0 aromatic carbocycles. The molecule has 12 heavy (non-hydrogen) atoms. The summed E-state index contributed by atoms with van der Waals surface area (Å²) >= 11 is 0. The molecule has 0 radical (unpaired) electrons. The van der Waals surface area contributed by atoms with Gasteiger partial charge in [0.15, 0.2) is 0 Å². The first-order chi connectivity index (χ1) is 5.59. The third-order valence-electron chi connectivity index (χ3n) is 1.47. The lowest BCUT2D eigenvalue weighted by atomic mass is 10.1. The molecule has 1 rings (SSSR count). The Morgan fingerprint density at radius 3 is 2.92 bits per heavy atom. The molecule has 1 aromatic rings. The van der Waals surface area contributed by atoms with E-state index in [1.807, 2.05) is 0 Å². The second-order valence-corrected chi connectivity index (χ2v) is 2.58. The number of nitrogen functional groups attached to an aromatic ring is 1. The summed E-state index contributed by atoms with van der Waals surface area (Å²) in [6.45, 7) is 1.74. The van der Waals surface area contributed by atoms with Gasteiger partial charge in [-0.2, -0.15) is 4.98 Å². The molecule has 1 unspecified atom stereocenters. The Morgan fingerprint density at radius 2 is 2.50 bits per heavy atom. The van der Waals surface area contributed by atoms with Gasteiger partial charge in [0.1, 0.15) is 5.82 Å². The van der Waals surface area contributed by atoms with Crippen LogP contribution in [0, 0.1) is 0 Å². The standard InChI is InChI=1S/C6H10N4O2/c1-3(2-4(11)12)5-8-6(7)10-9-5/h3H,2H2,1H3,(H,11,12)(H3,7,8,9,10). The number of H-pyrrole nitrogens is 1. The highest BCUT2D eigenvalue weighted by Crippen LogP contribution is 2.14. The fraction of sp³-hybridized carbons (Fsp3) is 0.500. The number of carboxylic acids is 1. The molecule has 0 aliphatic heterocycles. The highest BCUT2D eigenvalue weighted by molar-refractivity contribution is 5.67. The van der Waals surface area contributed by atoms with E-state index in [4.69, 9.17) is 10.8 Å². The van der Waals surface area contributed by atoms with Gasteiger partial charge in [-0.15, -0.1) is 5.10 Å². The summed E-state index contributed by atoms with van der Waals surface area (Å²) in [5.41, 5.74) is 5.25. The van der Waals surface area contributed by atoms with Gasteiger partial charge in [-0.25, -0.2) is 0 Å². The van der Waals surface area contributed by atoms with Crippen molar-refractivity contribution in [1.82, 2.24) is 15.2 Å². The zero-order valence-electron chi connectivity index (χ0n) is 6.61. The topological polar surface area (TPSA) is 105 Å². The SMILES string of the molecule is CC(CC(=O)O)c1nc(N)n[nH]1. The molecule has 1 heterocycles. The van der Waals surface area contributed by atoms with Gasteiger partial charge in [0.05, 0.1) is 6.42 Å². The number of hydrogen-bond acceptors (Lipinski definition) is 4. The van der Waals surface area contributed by atoms with Crippen LogP contribution in [0.2, 0.25) is 0 Å². The average Bonchev–Trinajstić information content (AvgIpc) is 2.34. The van der Waals surface area contributed by atoms with E-state index in [2.05, 4.69) is 15.2 Å². The van der Waals surface area contributed by atoms with Crippen LogP contribution in [0.25, 0.3) is 0 Å². The normalized spacial score (nSPS) is 12.8. The Kier molecular flexibility index (Phi) is 2.27. The number of anilines is 1. The number of aromatic nitrogens is 3. The lowest BCUT2D eigenvalue weighted by Crippen LogP contribution is -2.04. The summed E-state index contributed by atoms with van der Waals surface area (Å²) in [4.78, 5) is 14.1. The van der Waals surface area contributed by atoms with Crippen LogP contribution in [0.3, 0.4) is 0 Å². The number of aromatic amines is 1. The molecule has 0 saturated heterocycles. The van der Waals surface area contributed by atoms with Crippen molar-refractivity contribution in [3.05, 3.63) is 5.82 Å². The van der Waals surface area contributed by atoms with Gasteiger partial charge in [-0.05, 0) is 0 Å². The second kappa shape index (κ2) is 3.21. The maximum Gasteiger partial charge on any atom is 0.304 e. The molecule has 6 nitrogen and oxygen atoms in total. The Balaban J connectivity index is 2.64. The van der Waals surface area contributed by atoms with Crippen LogP contribution in [0.4, 0.5) is 5.95 Å². The number of hydrogen-bond donors (Lipinski definition) is 3. The summed E-state index contributed by atoms with van der Waals surface area (Å²) in [6, 6.07) is 0. The molecular weight excluding hydrogens is 160 g/mol. The van der Waals surface area contributed by atoms with E-state index in [0.29, 0.717) is 5.82 Å². The van der Waals surface area contributed by atoms with Crippen LogP contribution in [0.15, 0.2) is 0 Å². The molecule has 0 saturated carbocycles. The first-order valence-electron chi connectivity index (χ1n) is 3.49. The Hall–Kier alpha value is -1.59. The summed E-state index contributed by atoms with van der Waals surface area (Å²) in [6.07, 6.45) is 0.0225. The second-order valence-electron chi connectivity index (χ2n) is 2.58. The third kappa shape index (κ3) is 1.94. The van der Waals surface area contributed by atoms with Crippen LogP contribution in [0.5, 0.6) is 0 Å². The molecule has 0 amide bonds. The smallest absolute Gasteiger partial charge is 0.304 e. The van der Waals surface area contributed by atoms with Gasteiger partial charge in [-0.1, -0.05) is 6.92 Å². The summed E-state index contributed by atoms with van der Waals surface area (Å²) in [5.74, 6) is -0.401. The van der Waals surface area contributed by atoms with E-state index >= 15 is 0 Å². The predicted octanol–water partition coefficient (Wildman–Crippen LogP) is -0.0349. The Labute approximate surface area is 68.8 Å². The zero-order valence-corrected chi connectivity index (χ0v) is 6.61. The van der Waals surface area contributed by atoms with Crippen molar-refractivity contribution < 1.29 is 9.90 Å². The molecule has 0 aliphatic rings. The third-order valence-corrected chi connectivity index (χ3v) is 1.47. The lowest BCUT2D eigenvalue weighted by Gasteiger charge is -2.01. The van der Waals surface area contributed by atoms with Gasteiger partial charge in [0, 0.05) is 5.92 Å². The van der Waals surface area contributed by atoms with Gasteiger partial charge >= 0.3 is 5.97 Å². The van der Waals surface area contributed by atoms with Crippen LogP contribution in [0.1, 0.15) is 25.1 Å². The first-order valence-corrected chi connectivity index (χ1v) is 3.49. The maximum absolute atomic E-state index is 10.3. The minimum atomic E-state index is -0.863. The molecule has 0 fully saturated rings. The highest BCUT2D eigenvalue weighted by Gasteiger charge is 2.13. The van der Waals surface area contributed by atoms with E-state index < -0.39 is 5.97 Å². The van der Waals surface area contributed by atoms with Gasteiger partial charge in [0.2, 0.25) is 5.95 Å². The average molecular weight is 170 g/mol. The predicted molar refractivity (Wildman–Crippen MR) is 41.5 cm³/mol. The number of carboxylic acid groups (broad SMARTS) is 1. The number of nitrogens with zero attached hydrogens (tertiary/aromatic N) is 2. The highest BCUT2D eigenvalue weighted by atomic mass is 16.4. The molecular formula is C6H10N4O2. The van der Waals surface area contributed by atoms with E-state index in [1.54, 1.807) is 6.92 Å². The number of nitrogens with one attached hydrogen (secondary N) is 1. The lowest BCUT2D eigenvalue weighted by molar-refractivity contribution is -0.137. The van der Waals surface area contributed by atoms with Crippen molar-refractivity contribution in [3.63, 3.8) is 0 Å². The van der Waals surface area contributed by atoms with Crippen molar-refractivity contribution in [2.75, 3.05) is 5.73 Å². The molecule has 1 atom stereocenters. The minimum absolute atomic E-state index is 0.0225. The molecule has 0 aliphatic carbocycles. The quantitative estimate of drug-likeness (QED) is 0.590. The minimum Gasteiger partial charge on any atom is -0.481 e. The summed E-state index contributed by atoms with van der Waals surface area (Å²) in [5, 5.41) is 14.6. The number of carbonyl (C=O) groups is 1. The van der Waals surface area contributed by atoms with Gasteiger partial charge in [-0.3, -0.25) is 9.89 Å². The van der Waals surface area contributed by atoms with Crippen LogP contribution < -0.4 is 5.73 Å². The number of aliphatic carboxylic acids is 1. The first kappa shape index (κ1) is 8.51. The molecule has 6 heteroatoms. The van der Waals surface area contributed by atoms with Crippen LogP contribution in [-0.2, 0) is 4.79 Å².